The number of anilines is 3. The smallest absolute Gasteiger partial charge is 0.0467 e. The zero-order valence-corrected chi connectivity index (χ0v) is 28.4. The Kier molecular flexibility index (Phi) is 6.42. The molecule has 3 aliphatic carbocycles. The molecule has 50 heavy (non-hydrogen) atoms. The number of nitrogens with zero attached hydrogens (tertiary/aromatic N) is 1. The lowest BCUT2D eigenvalue weighted by atomic mass is 9.82. The molecule has 0 heterocycles. The molecule has 0 spiro atoms. The second kappa shape index (κ2) is 11.1. The van der Waals surface area contributed by atoms with E-state index < -0.39 is 0 Å². The molecule has 238 valence electrons. The number of hydrogen-bond donors (Lipinski definition) is 0. The molecule has 0 radical (unpaired) electrons. The van der Waals surface area contributed by atoms with Crippen LogP contribution in [0.15, 0.2) is 158 Å². The van der Waals surface area contributed by atoms with Gasteiger partial charge >= 0.3 is 0 Å². The van der Waals surface area contributed by atoms with Crippen LogP contribution in [0.1, 0.15) is 43.4 Å². The van der Waals surface area contributed by atoms with Crippen molar-refractivity contribution in [1.82, 2.24) is 0 Å². The fourth-order valence-corrected chi connectivity index (χ4v) is 8.89. The van der Waals surface area contributed by atoms with E-state index in [4.69, 9.17) is 0 Å². The Morgan fingerprint density at radius 2 is 1.06 bits per heavy atom. The van der Waals surface area contributed by atoms with Crippen molar-refractivity contribution >= 4 is 28.7 Å². The van der Waals surface area contributed by atoms with Gasteiger partial charge in [0.1, 0.15) is 0 Å². The first-order valence-electron chi connectivity index (χ1n) is 17.8. The predicted octanol–water partition coefficient (Wildman–Crippen LogP) is 11.6. The van der Waals surface area contributed by atoms with Gasteiger partial charge in [-0.3, -0.25) is 0 Å². The van der Waals surface area contributed by atoms with E-state index >= 15 is 0 Å². The van der Waals surface area contributed by atoms with E-state index in [2.05, 4.69) is 183 Å². The van der Waals surface area contributed by atoms with Gasteiger partial charge in [-0.15, -0.1) is 0 Å². The van der Waals surface area contributed by atoms with E-state index in [1.807, 2.05) is 0 Å². The zero-order chi connectivity index (χ0) is 33.4. The summed E-state index contributed by atoms with van der Waals surface area (Å²) < 4.78 is 0. The summed E-state index contributed by atoms with van der Waals surface area (Å²) in [6, 6.07) is 58.5. The molecule has 0 unspecified atom stereocenters. The molecule has 0 aliphatic heterocycles. The van der Waals surface area contributed by atoms with Gasteiger partial charge in [0.25, 0.3) is 0 Å². The van der Waals surface area contributed by atoms with Crippen LogP contribution in [0.5, 0.6) is 0 Å². The van der Waals surface area contributed by atoms with Crippen LogP contribution >= 0.6 is 0 Å². The molecular weight excluding hydrogens is 603 g/mol. The Hall–Kier alpha value is -5.92. The van der Waals surface area contributed by atoms with Crippen molar-refractivity contribution in [3.8, 4) is 44.5 Å². The van der Waals surface area contributed by atoms with Gasteiger partial charge in [-0.1, -0.05) is 141 Å². The van der Waals surface area contributed by atoms with Crippen molar-refractivity contribution in [3.05, 3.63) is 185 Å². The molecule has 7 aromatic carbocycles. The standard InChI is InChI=1S/C49H37N/c1-49(2)46-21-9-8-18-41(46)42-27-26-37(31-47(42)49)50(35-24-22-33(23-25-35)32-12-4-3-5-13-32)36-15-10-14-34(30-36)38-28-29-45-40-17-7-6-16-39(40)44-20-11-19-43(38)48(44)45/h3-10,12-19,21-31H,11,20H2,1-2H3. The monoisotopic (exact) mass is 639 g/mol. The van der Waals surface area contributed by atoms with Crippen LogP contribution in [0.25, 0.3) is 56.2 Å². The summed E-state index contributed by atoms with van der Waals surface area (Å²) in [5.41, 5.74) is 19.5. The molecule has 3 aliphatic rings. The quantitative estimate of drug-likeness (QED) is 0.181. The average Bonchev–Trinajstić information content (AvgIpc) is 3.62. The predicted molar refractivity (Wildman–Crippen MR) is 210 cm³/mol. The van der Waals surface area contributed by atoms with Crippen molar-refractivity contribution in [3.63, 3.8) is 0 Å². The lowest BCUT2D eigenvalue weighted by molar-refractivity contribution is 0.660. The minimum absolute atomic E-state index is 0.0820. The highest BCUT2D eigenvalue weighted by Gasteiger charge is 2.35. The lowest BCUT2D eigenvalue weighted by Gasteiger charge is -2.28. The summed E-state index contributed by atoms with van der Waals surface area (Å²) >= 11 is 0. The third-order valence-corrected chi connectivity index (χ3v) is 11.3. The molecule has 0 amide bonds. The van der Waals surface area contributed by atoms with Gasteiger partial charge in [-0.2, -0.15) is 0 Å². The van der Waals surface area contributed by atoms with Gasteiger partial charge in [-0.25, -0.2) is 0 Å². The molecule has 0 saturated carbocycles. The summed E-state index contributed by atoms with van der Waals surface area (Å²) in [6.07, 6.45) is 4.64. The summed E-state index contributed by atoms with van der Waals surface area (Å²) in [5.74, 6) is 0. The minimum Gasteiger partial charge on any atom is -0.310 e. The normalized spacial score (nSPS) is 14.3. The maximum atomic E-state index is 2.47. The first kappa shape index (κ1) is 29.0. The van der Waals surface area contributed by atoms with E-state index in [1.54, 1.807) is 0 Å². The molecule has 7 aromatic rings. The Labute approximate surface area is 294 Å². The van der Waals surface area contributed by atoms with E-state index in [-0.39, 0.29) is 5.41 Å². The largest absolute Gasteiger partial charge is 0.310 e. The Morgan fingerprint density at radius 3 is 1.90 bits per heavy atom. The van der Waals surface area contributed by atoms with Gasteiger partial charge in [0.15, 0.2) is 0 Å². The Balaban J connectivity index is 1.14. The van der Waals surface area contributed by atoms with Crippen LogP contribution in [0.3, 0.4) is 0 Å². The second-order valence-corrected chi connectivity index (χ2v) is 14.4. The minimum atomic E-state index is -0.0820. The molecule has 0 bridgehead atoms. The van der Waals surface area contributed by atoms with Crippen LogP contribution in [0.2, 0.25) is 0 Å². The summed E-state index contributed by atoms with van der Waals surface area (Å²) in [4.78, 5) is 2.44. The highest BCUT2D eigenvalue weighted by molar-refractivity contribution is 5.93. The number of rotatable bonds is 5. The molecule has 1 heteroatoms. The number of hydrogen-bond acceptors (Lipinski definition) is 1. The van der Waals surface area contributed by atoms with Crippen LogP contribution in [-0.2, 0) is 5.41 Å². The molecule has 0 fully saturated rings. The highest BCUT2D eigenvalue weighted by Crippen LogP contribution is 2.50. The Morgan fingerprint density at radius 1 is 0.440 bits per heavy atom. The number of fused-ring (bicyclic) bond motifs is 6. The third-order valence-electron chi connectivity index (χ3n) is 11.3. The van der Waals surface area contributed by atoms with Gasteiger partial charge in [0, 0.05) is 22.5 Å². The molecule has 0 N–H and O–H groups in total. The maximum absolute atomic E-state index is 2.47. The van der Waals surface area contributed by atoms with E-state index in [9.17, 15) is 0 Å². The van der Waals surface area contributed by atoms with Crippen LogP contribution in [0, 0.1) is 0 Å². The van der Waals surface area contributed by atoms with Crippen molar-refractivity contribution < 1.29 is 0 Å². The lowest BCUT2D eigenvalue weighted by Crippen LogP contribution is -2.31. The summed E-state index contributed by atoms with van der Waals surface area (Å²) in [6.45, 7) is 4.72. The van der Waals surface area contributed by atoms with Gasteiger partial charge in [0.2, 0.25) is 0 Å². The third kappa shape index (κ3) is 4.33. The van der Waals surface area contributed by atoms with Crippen LogP contribution in [-0.4, -0.2) is 0 Å². The van der Waals surface area contributed by atoms with Gasteiger partial charge in [0.05, 0.1) is 0 Å². The molecule has 1 nitrogen and oxygen atoms in total. The topological polar surface area (TPSA) is 3.24 Å². The zero-order valence-electron chi connectivity index (χ0n) is 28.4. The summed E-state index contributed by atoms with van der Waals surface area (Å²) in [7, 11) is 0. The number of benzene rings is 7. The molecule has 0 aromatic heterocycles. The SMILES string of the molecule is CC1(C)c2ccccc2-c2ccc(N(c3ccc(-c4ccccc4)cc3)c3cccc(-c4ccc5c6c4=CCCC=6c4ccccc4-5)c3)cc21. The molecule has 10 rings (SSSR count). The van der Waals surface area contributed by atoms with E-state index in [0.29, 0.717) is 0 Å². The van der Waals surface area contributed by atoms with Crippen molar-refractivity contribution in [2.24, 2.45) is 0 Å². The fourth-order valence-electron chi connectivity index (χ4n) is 8.89. The average molecular weight is 640 g/mol. The van der Waals surface area contributed by atoms with Crippen LogP contribution in [0.4, 0.5) is 17.1 Å². The van der Waals surface area contributed by atoms with Gasteiger partial charge < -0.3 is 4.90 Å². The maximum Gasteiger partial charge on any atom is 0.0467 e. The molecule has 0 saturated heterocycles. The second-order valence-electron chi connectivity index (χ2n) is 14.4. The Bertz CT molecular complexity index is 2610. The van der Waals surface area contributed by atoms with Crippen molar-refractivity contribution in [2.75, 3.05) is 4.90 Å². The van der Waals surface area contributed by atoms with E-state index in [0.717, 1.165) is 24.2 Å². The first-order valence-corrected chi connectivity index (χ1v) is 17.8. The summed E-state index contributed by atoms with van der Waals surface area (Å²) in [5, 5.41) is 2.82. The van der Waals surface area contributed by atoms with Crippen LogP contribution < -0.4 is 15.3 Å². The molecular formula is C49H37N. The highest BCUT2D eigenvalue weighted by atomic mass is 15.1. The fraction of sp³-hybridized carbons (Fsp3) is 0.102. The molecule has 0 atom stereocenters. The van der Waals surface area contributed by atoms with Crippen molar-refractivity contribution in [2.45, 2.75) is 32.1 Å². The van der Waals surface area contributed by atoms with Crippen molar-refractivity contribution in [1.29, 1.82) is 0 Å². The first-order chi connectivity index (χ1) is 24.6. The van der Waals surface area contributed by atoms with E-state index in [1.165, 1.54) is 82.9 Å². The van der Waals surface area contributed by atoms with Gasteiger partial charge in [-0.05, 0) is 126 Å².